The van der Waals surface area contributed by atoms with Crippen LogP contribution in [-0.4, -0.2) is 29.1 Å². The summed E-state index contributed by atoms with van der Waals surface area (Å²) in [6.07, 6.45) is 2.01. The Morgan fingerprint density at radius 2 is 1.95 bits per heavy atom. The second kappa shape index (κ2) is 4.82. The molecule has 0 fully saturated rings. The maximum absolute atomic E-state index is 12.3. The average Bonchev–Trinajstić information content (AvgIpc) is 2.56. The lowest BCUT2D eigenvalue weighted by molar-refractivity contribution is -0.118. The molecule has 2 aromatic rings. The smallest absolute Gasteiger partial charge is 0.232 e. The number of nitrogens with zero attached hydrogens (tertiary/aromatic N) is 2. The summed E-state index contributed by atoms with van der Waals surface area (Å²) in [5, 5.41) is 9.15. The van der Waals surface area contributed by atoms with Gasteiger partial charge in [0, 0.05) is 11.8 Å². The van der Waals surface area contributed by atoms with E-state index in [1.54, 1.807) is 11.1 Å². The number of aliphatic hydroxyl groups is 1. The zero-order valence-electron chi connectivity index (χ0n) is 10.4. The van der Waals surface area contributed by atoms with E-state index in [9.17, 15) is 4.79 Å². The van der Waals surface area contributed by atoms with Gasteiger partial charge in [-0.3, -0.25) is 9.69 Å². The van der Waals surface area contributed by atoms with Crippen LogP contribution in [0.2, 0.25) is 0 Å². The van der Waals surface area contributed by atoms with Crippen molar-refractivity contribution in [3.05, 3.63) is 48.2 Å². The number of carbonyl (C=O) groups excluding carboxylic acids is 1. The lowest BCUT2D eigenvalue weighted by atomic mass is 9.99. The van der Waals surface area contributed by atoms with Gasteiger partial charge < -0.3 is 5.11 Å². The molecule has 1 aliphatic rings. The maximum atomic E-state index is 12.3. The Hall–Kier alpha value is -2.20. The molecule has 19 heavy (non-hydrogen) atoms. The fourth-order valence-corrected chi connectivity index (χ4v) is 2.47. The third-order valence-corrected chi connectivity index (χ3v) is 3.32. The van der Waals surface area contributed by atoms with Gasteiger partial charge in [0.25, 0.3) is 0 Å². The predicted octanol–water partition coefficient (Wildman–Crippen LogP) is 1.63. The number of aliphatic hydroxyl groups excluding tert-OH is 1. The van der Waals surface area contributed by atoms with Crippen molar-refractivity contribution in [3.63, 3.8) is 0 Å². The highest BCUT2D eigenvalue weighted by Crippen LogP contribution is 2.34. The Bertz CT molecular complexity index is 625. The summed E-state index contributed by atoms with van der Waals surface area (Å²) >= 11 is 0. The normalized spacial score (nSPS) is 13.7. The molecule has 3 rings (SSSR count). The van der Waals surface area contributed by atoms with Crippen molar-refractivity contribution >= 4 is 11.7 Å². The average molecular weight is 254 g/mol. The van der Waals surface area contributed by atoms with Crippen LogP contribution in [0, 0.1) is 0 Å². The summed E-state index contributed by atoms with van der Waals surface area (Å²) in [6, 6.07) is 11.7. The van der Waals surface area contributed by atoms with Crippen molar-refractivity contribution in [3.8, 4) is 11.1 Å². The van der Waals surface area contributed by atoms with E-state index in [0.29, 0.717) is 12.2 Å². The van der Waals surface area contributed by atoms with E-state index in [4.69, 9.17) is 5.11 Å². The fraction of sp³-hybridized carbons (Fsp3) is 0.200. The third kappa shape index (κ3) is 2.00. The predicted molar refractivity (Wildman–Crippen MR) is 72.8 cm³/mol. The molecule has 0 aliphatic carbocycles. The fourth-order valence-electron chi connectivity index (χ4n) is 2.47. The molecule has 0 unspecified atom stereocenters. The minimum absolute atomic E-state index is 0.0287. The van der Waals surface area contributed by atoms with Crippen molar-refractivity contribution in [2.75, 3.05) is 18.1 Å². The molecule has 1 aromatic heterocycles. The van der Waals surface area contributed by atoms with E-state index in [1.807, 2.05) is 36.4 Å². The first-order valence-corrected chi connectivity index (χ1v) is 6.26. The first-order valence-electron chi connectivity index (χ1n) is 6.26. The van der Waals surface area contributed by atoms with Crippen LogP contribution in [0.25, 0.3) is 11.1 Å². The number of aromatic nitrogens is 1. The number of carbonyl (C=O) groups is 1. The lowest BCUT2D eigenvalue weighted by Gasteiger charge is -2.20. The second-order valence-electron chi connectivity index (χ2n) is 4.48. The molecule has 4 nitrogen and oxygen atoms in total. The van der Waals surface area contributed by atoms with Crippen molar-refractivity contribution in [1.82, 2.24) is 4.98 Å². The van der Waals surface area contributed by atoms with E-state index in [-0.39, 0.29) is 19.1 Å². The molecule has 1 amide bonds. The second-order valence-corrected chi connectivity index (χ2v) is 4.48. The minimum Gasteiger partial charge on any atom is -0.395 e. The zero-order chi connectivity index (χ0) is 13.2. The van der Waals surface area contributed by atoms with Gasteiger partial charge >= 0.3 is 0 Å². The largest absolute Gasteiger partial charge is 0.395 e. The van der Waals surface area contributed by atoms with Gasteiger partial charge in [0.1, 0.15) is 5.82 Å². The molecule has 0 spiro atoms. The summed E-state index contributed by atoms with van der Waals surface area (Å²) in [7, 11) is 0. The highest BCUT2D eigenvalue weighted by atomic mass is 16.3. The van der Waals surface area contributed by atoms with Gasteiger partial charge in [0.05, 0.1) is 19.6 Å². The van der Waals surface area contributed by atoms with Gasteiger partial charge in [-0.1, -0.05) is 24.3 Å². The Kier molecular flexibility index (Phi) is 3.01. The molecule has 0 bridgehead atoms. The molecule has 0 saturated carbocycles. The van der Waals surface area contributed by atoms with E-state index in [0.717, 1.165) is 16.7 Å². The van der Waals surface area contributed by atoms with Crippen molar-refractivity contribution in [1.29, 1.82) is 0 Å². The molecule has 1 N–H and O–H groups in total. The Labute approximate surface area is 111 Å². The van der Waals surface area contributed by atoms with Crippen LogP contribution >= 0.6 is 0 Å². The minimum atomic E-state index is -0.0713. The summed E-state index contributed by atoms with van der Waals surface area (Å²) in [5.74, 6) is 0.602. The van der Waals surface area contributed by atoms with Gasteiger partial charge in [-0.25, -0.2) is 4.98 Å². The molecule has 96 valence electrons. The first kappa shape index (κ1) is 11.9. The van der Waals surface area contributed by atoms with E-state index in [1.165, 1.54) is 0 Å². The van der Waals surface area contributed by atoms with E-state index in [2.05, 4.69) is 4.98 Å². The Morgan fingerprint density at radius 1 is 1.16 bits per heavy atom. The topological polar surface area (TPSA) is 53.4 Å². The Morgan fingerprint density at radius 3 is 2.79 bits per heavy atom. The molecule has 4 heteroatoms. The van der Waals surface area contributed by atoms with Crippen LogP contribution in [0.5, 0.6) is 0 Å². The van der Waals surface area contributed by atoms with Gasteiger partial charge in [-0.2, -0.15) is 0 Å². The van der Waals surface area contributed by atoms with E-state index >= 15 is 0 Å². The molecule has 0 radical (unpaired) electrons. The van der Waals surface area contributed by atoms with Gasteiger partial charge in [0.15, 0.2) is 0 Å². The summed E-state index contributed by atoms with van der Waals surface area (Å²) in [4.78, 5) is 18.2. The van der Waals surface area contributed by atoms with Crippen LogP contribution in [0.3, 0.4) is 0 Å². The summed E-state index contributed by atoms with van der Waals surface area (Å²) < 4.78 is 0. The standard InChI is InChI=1S/C15H14N2O2/c18-9-8-17-14(19)10-11-4-1-2-5-12(11)13-6-3-7-16-15(13)17/h1-7,18H,8-10H2. The van der Waals surface area contributed by atoms with Crippen LogP contribution in [0.1, 0.15) is 5.56 Å². The SMILES string of the molecule is O=C1Cc2ccccc2-c2cccnc2N1CCO. The van der Waals surface area contributed by atoms with Crippen molar-refractivity contribution < 1.29 is 9.90 Å². The molecule has 2 heterocycles. The number of fused-ring (bicyclic) bond motifs is 3. The zero-order valence-corrected chi connectivity index (χ0v) is 10.4. The molecule has 1 aromatic carbocycles. The summed E-state index contributed by atoms with van der Waals surface area (Å²) in [6.45, 7) is 0.203. The lowest BCUT2D eigenvalue weighted by Crippen LogP contribution is -2.34. The van der Waals surface area contributed by atoms with Crippen LogP contribution in [0.4, 0.5) is 5.82 Å². The number of rotatable bonds is 2. The van der Waals surface area contributed by atoms with Crippen molar-refractivity contribution in [2.45, 2.75) is 6.42 Å². The Balaban J connectivity index is 2.23. The third-order valence-electron chi connectivity index (χ3n) is 3.32. The molecule has 0 atom stereocenters. The van der Waals surface area contributed by atoms with E-state index < -0.39 is 0 Å². The first-order chi connectivity index (χ1) is 9.31. The molecule has 1 aliphatic heterocycles. The number of amides is 1. The van der Waals surface area contributed by atoms with Crippen LogP contribution in [0.15, 0.2) is 42.6 Å². The number of hydrogen-bond acceptors (Lipinski definition) is 3. The molecular formula is C15H14N2O2. The van der Waals surface area contributed by atoms with Gasteiger partial charge in [-0.05, 0) is 23.3 Å². The van der Waals surface area contributed by atoms with Crippen LogP contribution < -0.4 is 4.90 Å². The monoisotopic (exact) mass is 254 g/mol. The maximum Gasteiger partial charge on any atom is 0.232 e. The van der Waals surface area contributed by atoms with Gasteiger partial charge in [0.2, 0.25) is 5.91 Å². The molecular weight excluding hydrogens is 240 g/mol. The van der Waals surface area contributed by atoms with Gasteiger partial charge in [-0.15, -0.1) is 0 Å². The van der Waals surface area contributed by atoms with Crippen LogP contribution in [-0.2, 0) is 11.2 Å². The summed E-state index contributed by atoms with van der Waals surface area (Å²) in [5.41, 5.74) is 2.99. The van der Waals surface area contributed by atoms with Crippen molar-refractivity contribution in [2.24, 2.45) is 0 Å². The number of anilines is 1. The quantitative estimate of drug-likeness (QED) is 0.886. The highest BCUT2D eigenvalue weighted by molar-refractivity contribution is 6.01. The number of hydrogen-bond donors (Lipinski definition) is 1. The number of benzene rings is 1. The highest BCUT2D eigenvalue weighted by Gasteiger charge is 2.25. The number of pyridine rings is 1. The molecule has 0 saturated heterocycles. The number of β-amino-alcohol motifs (C(OH)–C–C–N with tert-alkyl or cyclic N) is 1.